The zero-order chi connectivity index (χ0) is 17.8. The summed E-state index contributed by atoms with van der Waals surface area (Å²) in [6, 6.07) is 13.8. The van der Waals surface area contributed by atoms with Crippen molar-refractivity contribution < 1.29 is 9.59 Å². The summed E-state index contributed by atoms with van der Waals surface area (Å²) in [7, 11) is 0. The minimum absolute atomic E-state index is 0.0290. The molecule has 0 radical (unpaired) electrons. The van der Waals surface area contributed by atoms with Crippen LogP contribution in [-0.2, 0) is 11.3 Å². The number of anilines is 1. The fourth-order valence-corrected chi connectivity index (χ4v) is 3.06. The molecule has 1 saturated heterocycles. The van der Waals surface area contributed by atoms with E-state index >= 15 is 0 Å². The minimum Gasteiger partial charge on any atom is -0.334 e. The summed E-state index contributed by atoms with van der Waals surface area (Å²) in [5.74, 6) is -0.0290. The van der Waals surface area contributed by atoms with E-state index in [2.05, 4.69) is 10.6 Å². The van der Waals surface area contributed by atoms with Crippen LogP contribution < -0.4 is 15.5 Å². The minimum atomic E-state index is -0.323. The zero-order valence-corrected chi connectivity index (χ0v) is 14.8. The number of hydrogen-bond donors (Lipinski definition) is 2. The van der Waals surface area contributed by atoms with Gasteiger partial charge in [0.25, 0.3) is 0 Å². The van der Waals surface area contributed by atoms with Gasteiger partial charge in [-0.2, -0.15) is 0 Å². The predicted octanol–water partition coefficient (Wildman–Crippen LogP) is 3.60. The smallest absolute Gasteiger partial charge is 0.315 e. The molecule has 25 heavy (non-hydrogen) atoms. The van der Waals surface area contributed by atoms with Gasteiger partial charge in [0, 0.05) is 35.2 Å². The van der Waals surface area contributed by atoms with Crippen LogP contribution in [0.3, 0.4) is 0 Å². The molecule has 5 nitrogen and oxygen atoms in total. The lowest BCUT2D eigenvalue weighted by atomic mass is 10.2. The predicted molar refractivity (Wildman–Crippen MR) is 99.0 cm³/mol. The van der Waals surface area contributed by atoms with Crippen LogP contribution in [0.4, 0.5) is 10.5 Å². The Balaban J connectivity index is 1.53. The standard InChI is InChI=1S/C18H17Cl2N3O2/c19-13-5-7-15(8-6-13)23-11-14(9-17(23)24)22-18(25)21-10-12-3-1-2-4-16(12)20/h1-8,14H,9-11H2,(H2,21,22,25)/t14-/m0/s1. The molecule has 0 spiro atoms. The van der Waals surface area contributed by atoms with Crippen molar-refractivity contribution in [3.8, 4) is 0 Å². The Kier molecular flexibility index (Phi) is 5.46. The third-order valence-electron chi connectivity index (χ3n) is 4.00. The SMILES string of the molecule is O=C(NCc1ccccc1Cl)N[C@H]1CC(=O)N(c2ccc(Cl)cc2)C1. The molecular weight excluding hydrogens is 361 g/mol. The van der Waals surface area contributed by atoms with Gasteiger partial charge in [0.05, 0.1) is 6.04 Å². The van der Waals surface area contributed by atoms with Crippen molar-refractivity contribution in [1.82, 2.24) is 10.6 Å². The molecule has 0 saturated carbocycles. The van der Waals surface area contributed by atoms with Crippen molar-refractivity contribution in [1.29, 1.82) is 0 Å². The normalized spacial score (nSPS) is 16.8. The van der Waals surface area contributed by atoms with Crippen molar-refractivity contribution in [2.24, 2.45) is 0 Å². The summed E-state index contributed by atoms with van der Waals surface area (Å²) < 4.78 is 0. The van der Waals surface area contributed by atoms with E-state index in [1.165, 1.54) is 0 Å². The number of carbonyl (C=O) groups is 2. The van der Waals surface area contributed by atoms with Crippen molar-refractivity contribution in [2.75, 3.05) is 11.4 Å². The molecule has 0 aromatic heterocycles. The first-order valence-electron chi connectivity index (χ1n) is 7.86. The van der Waals surface area contributed by atoms with Crippen LogP contribution in [0.15, 0.2) is 48.5 Å². The van der Waals surface area contributed by atoms with Gasteiger partial charge in [-0.25, -0.2) is 4.79 Å². The van der Waals surface area contributed by atoms with E-state index in [1.54, 1.807) is 35.2 Å². The van der Waals surface area contributed by atoms with Crippen LogP contribution in [0.5, 0.6) is 0 Å². The van der Waals surface area contributed by atoms with E-state index < -0.39 is 0 Å². The molecule has 2 aromatic carbocycles. The molecule has 1 heterocycles. The van der Waals surface area contributed by atoms with Crippen molar-refractivity contribution >= 4 is 40.8 Å². The van der Waals surface area contributed by atoms with Crippen LogP contribution >= 0.6 is 23.2 Å². The molecule has 2 N–H and O–H groups in total. The first-order valence-corrected chi connectivity index (χ1v) is 8.62. The van der Waals surface area contributed by atoms with Crippen LogP contribution in [0.2, 0.25) is 10.0 Å². The second kappa shape index (κ2) is 7.76. The number of rotatable bonds is 4. The Hall–Kier alpha value is -2.24. The molecule has 3 amide bonds. The molecular formula is C18H17Cl2N3O2. The highest BCUT2D eigenvalue weighted by Crippen LogP contribution is 2.23. The van der Waals surface area contributed by atoms with E-state index in [-0.39, 0.29) is 24.4 Å². The lowest BCUT2D eigenvalue weighted by Crippen LogP contribution is -2.43. The number of amides is 3. The van der Waals surface area contributed by atoms with E-state index in [0.717, 1.165) is 11.3 Å². The first-order chi connectivity index (χ1) is 12.0. The second-order valence-corrected chi connectivity index (χ2v) is 6.64. The summed E-state index contributed by atoms with van der Waals surface area (Å²) in [4.78, 5) is 25.9. The Morgan fingerprint density at radius 3 is 2.56 bits per heavy atom. The van der Waals surface area contributed by atoms with Gasteiger partial charge < -0.3 is 15.5 Å². The Morgan fingerprint density at radius 2 is 1.84 bits per heavy atom. The highest BCUT2D eigenvalue weighted by atomic mass is 35.5. The highest BCUT2D eigenvalue weighted by Gasteiger charge is 2.31. The molecule has 130 valence electrons. The second-order valence-electron chi connectivity index (χ2n) is 5.80. The molecule has 1 fully saturated rings. The van der Waals surface area contributed by atoms with Gasteiger partial charge in [-0.15, -0.1) is 0 Å². The first kappa shape index (κ1) is 17.6. The number of hydrogen-bond acceptors (Lipinski definition) is 2. The molecule has 1 aliphatic heterocycles. The highest BCUT2D eigenvalue weighted by molar-refractivity contribution is 6.31. The monoisotopic (exact) mass is 377 g/mol. The van der Waals surface area contributed by atoms with Gasteiger partial charge in [0.1, 0.15) is 0 Å². The van der Waals surface area contributed by atoms with E-state index in [0.29, 0.717) is 23.1 Å². The molecule has 0 bridgehead atoms. The van der Waals surface area contributed by atoms with Crippen LogP contribution in [0, 0.1) is 0 Å². The van der Waals surface area contributed by atoms with Gasteiger partial charge in [-0.1, -0.05) is 41.4 Å². The van der Waals surface area contributed by atoms with Gasteiger partial charge in [0.15, 0.2) is 0 Å². The average Bonchev–Trinajstić information content (AvgIpc) is 2.95. The number of carbonyl (C=O) groups excluding carboxylic acids is 2. The summed E-state index contributed by atoms with van der Waals surface area (Å²) in [6.45, 7) is 0.757. The molecule has 1 aliphatic rings. The number of nitrogens with one attached hydrogen (secondary N) is 2. The Labute approximate surface area is 155 Å². The van der Waals surface area contributed by atoms with E-state index in [9.17, 15) is 9.59 Å². The maximum Gasteiger partial charge on any atom is 0.315 e. The molecule has 0 unspecified atom stereocenters. The average molecular weight is 378 g/mol. The largest absolute Gasteiger partial charge is 0.334 e. The molecule has 2 aromatic rings. The molecule has 3 rings (SSSR count). The molecule has 0 aliphatic carbocycles. The van der Waals surface area contributed by atoms with Gasteiger partial charge in [-0.3, -0.25) is 4.79 Å². The molecule has 7 heteroatoms. The Bertz CT molecular complexity index is 780. The lowest BCUT2D eigenvalue weighted by molar-refractivity contribution is -0.117. The maximum atomic E-state index is 12.2. The maximum absolute atomic E-state index is 12.2. The van der Waals surface area contributed by atoms with E-state index in [4.69, 9.17) is 23.2 Å². The summed E-state index contributed by atoms with van der Waals surface area (Å²) in [5, 5.41) is 6.81. The third kappa shape index (κ3) is 4.44. The fraction of sp³-hybridized carbons (Fsp3) is 0.222. The van der Waals surface area contributed by atoms with Crippen LogP contribution in [-0.4, -0.2) is 24.5 Å². The number of nitrogens with zero attached hydrogens (tertiary/aromatic N) is 1. The summed E-state index contributed by atoms with van der Waals surface area (Å²) in [5.41, 5.74) is 1.61. The quantitative estimate of drug-likeness (QED) is 0.854. The number of benzene rings is 2. The number of urea groups is 1. The third-order valence-corrected chi connectivity index (χ3v) is 4.62. The summed E-state index contributed by atoms with van der Waals surface area (Å²) >= 11 is 11.9. The van der Waals surface area contributed by atoms with Crippen LogP contribution in [0.1, 0.15) is 12.0 Å². The zero-order valence-electron chi connectivity index (χ0n) is 13.3. The summed E-state index contributed by atoms with van der Waals surface area (Å²) in [6.07, 6.45) is 0.266. The van der Waals surface area contributed by atoms with Crippen molar-refractivity contribution in [2.45, 2.75) is 19.0 Å². The van der Waals surface area contributed by atoms with Gasteiger partial charge >= 0.3 is 6.03 Å². The van der Waals surface area contributed by atoms with Crippen molar-refractivity contribution in [3.05, 3.63) is 64.1 Å². The Morgan fingerprint density at radius 1 is 1.12 bits per heavy atom. The van der Waals surface area contributed by atoms with Gasteiger partial charge in [-0.05, 0) is 35.9 Å². The van der Waals surface area contributed by atoms with Crippen molar-refractivity contribution in [3.63, 3.8) is 0 Å². The fourth-order valence-electron chi connectivity index (χ4n) is 2.73. The van der Waals surface area contributed by atoms with Crippen LogP contribution in [0.25, 0.3) is 0 Å². The van der Waals surface area contributed by atoms with Gasteiger partial charge in [0.2, 0.25) is 5.91 Å². The lowest BCUT2D eigenvalue weighted by Gasteiger charge is -2.17. The topological polar surface area (TPSA) is 61.4 Å². The van der Waals surface area contributed by atoms with E-state index in [1.807, 2.05) is 18.2 Å². The molecule has 1 atom stereocenters. The number of halogens is 2.